The Morgan fingerprint density at radius 3 is 2.26 bits per heavy atom. The largest absolute Gasteiger partial charge is 0.373 e. The molecule has 226 valence electrons. The Balaban J connectivity index is 1.60. The maximum atomic E-state index is 13.8. The average molecular weight is 656 g/mol. The number of hydrogen-bond acceptors (Lipinski definition) is 6. The summed E-state index contributed by atoms with van der Waals surface area (Å²) in [5, 5.41) is 7.86. The summed E-state index contributed by atoms with van der Waals surface area (Å²) in [5.74, 6) is -0.446. The van der Waals surface area contributed by atoms with Gasteiger partial charge in [-0.15, -0.1) is 0 Å². The molecule has 2 unspecified atom stereocenters. The summed E-state index contributed by atoms with van der Waals surface area (Å²) in [4.78, 5) is 13.8. The van der Waals surface area contributed by atoms with Gasteiger partial charge >= 0.3 is 0 Å². The van der Waals surface area contributed by atoms with Gasteiger partial charge in [0.2, 0.25) is 0 Å². The lowest BCUT2D eigenvalue weighted by Gasteiger charge is -2.34. The lowest BCUT2D eigenvalue weighted by molar-refractivity contribution is -0.0444. The molecule has 3 aromatic rings. The molecule has 14 heteroatoms. The van der Waals surface area contributed by atoms with Crippen LogP contribution in [0.2, 0.25) is 15.1 Å². The summed E-state index contributed by atoms with van der Waals surface area (Å²) in [6.07, 6.45) is 2.52. The first-order valence-electron chi connectivity index (χ1n) is 13.8. The highest BCUT2D eigenvalue weighted by atomic mass is 35.5. The Hall–Kier alpha value is -2.22. The van der Waals surface area contributed by atoms with Crippen LogP contribution in [0.3, 0.4) is 0 Å². The van der Waals surface area contributed by atoms with E-state index in [1.807, 2.05) is 18.9 Å². The second-order valence-electron chi connectivity index (χ2n) is 10.6. The zero-order valence-electron chi connectivity index (χ0n) is 23.3. The Kier molecular flexibility index (Phi) is 9.80. The Bertz CT molecular complexity index is 1530. The summed E-state index contributed by atoms with van der Waals surface area (Å²) in [6.45, 7) is 5.33. The van der Waals surface area contributed by atoms with E-state index in [1.165, 1.54) is 4.31 Å². The van der Waals surface area contributed by atoms with E-state index in [4.69, 9.17) is 44.6 Å². The van der Waals surface area contributed by atoms with E-state index in [-0.39, 0.29) is 37.5 Å². The molecule has 0 saturated carbocycles. The number of hydrogen-bond donors (Lipinski definition) is 2. The summed E-state index contributed by atoms with van der Waals surface area (Å²) in [7, 11) is -3.93. The summed E-state index contributed by atoms with van der Waals surface area (Å²) < 4.78 is 38.3. The topological polar surface area (TPSA) is 109 Å². The Morgan fingerprint density at radius 2 is 1.62 bits per heavy atom. The molecule has 0 bridgehead atoms. The number of rotatable bonds is 8. The molecular weight excluding hydrogens is 623 g/mol. The van der Waals surface area contributed by atoms with Gasteiger partial charge in [0.15, 0.2) is 5.69 Å². The quantitative estimate of drug-likeness (QED) is 0.351. The highest BCUT2D eigenvalue weighted by Crippen LogP contribution is 2.34. The monoisotopic (exact) mass is 654 g/mol. The number of carbonyl (C=O) groups is 1. The molecule has 0 aliphatic carbocycles. The molecule has 2 aliphatic heterocycles. The lowest BCUT2D eigenvalue weighted by Crippen LogP contribution is -2.51. The molecule has 0 spiro atoms. The summed E-state index contributed by atoms with van der Waals surface area (Å²) >= 11 is 19.0. The highest BCUT2D eigenvalue weighted by Gasteiger charge is 2.33. The SMILES string of the molecule is CC1CN(S(=O)(=O)NCc2c(C(=O)NN3CCCCC3)nn(-c3ccc(Cl)cc3Cl)c2-c2ccc(Cl)cc2)CC(C)O1. The van der Waals surface area contributed by atoms with E-state index in [0.29, 0.717) is 37.6 Å². The third-order valence-electron chi connectivity index (χ3n) is 7.23. The Morgan fingerprint density at radius 1 is 0.976 bits per heavy atom. The Labute approximate surface area is 261 Å². The number of nitrogens with zero attached hydrogens (tertiary/aromatic N) is 4. The van der Waals surface area contributed by atoms with Crippen molar-refractivity contribution in [1.82, 2.24) is 29.2 Å². The number of nitrogens with one attached hydrogen (secondary N) is 2. The summed E-state index contributed by atoms with van der Waals surface area (Å²) in [5.41, 5.74) is 5.05. The first-order chi connectivity index (χ1) is 20.0. The first-order valence-corrected chi connectivity index (χ1v) is 16.4. The van der Waals surface area contributed by atoms with Crippen LogP contribution in [0.4, 0.5) is 0 Å². The number of ether oxygens (including phenoxy) is 1. The predicted octanol–water partition coefficient (Wildman–Crippen LogP) is 5.07. The van der Waals surface area contributed by atoms with E-state index < -0.39 is 16.1 Å². The van der Waals surface area contributed by atoms with Gasteiger partial charge in [-0.2, -0.15) is 22.5 Å². The van der Waals surface area contributed by atoms with E-state index in [0.717, 1.165) is 32.4 Å². The van der Waals surface area contributed by atoms with Gasteiger partial charge in [0.1, 0.15) is 0 Å². The predicted molar refractivity (Wildman–Crippen MR) is 164 cm³/mol. The number of halogens is 3. The normalized spacial score (nSPS) is 20.5. The van der Waals surface area contributed by atoms with Gasteiger partial charge in [0, 0.05) is 53.9 Å². The van der Waals surface area contributed by atoms with Crippen LogP contribution in [-0.4, -0.2) is 71.8 Å². The smallest absolute Gasteiger partial charge is 0.286 e. The van der Waals surface area contributed by atoms with Crippen molar-refractivity contribution >= 4 is 50.9 Å². The molecule has 2 N–H and O–H groups in total. The maximum Gasteiger partial charge on any atom is 0.286 e. The first kappa shape index (κ1) is 31.2. The molecule has 2 saturated heterocycles. The van der Waals surface area contributed by atoms with E-state index in [2.05, 4.69) is 10.1 Å². The van der Waals surface area contributed by atoms with Crippen molar-refractivity contribution in [3.63, 3.8) is 0 Å². The van der Waals surface area contributed by atoms with Crippen LogP contribution < -0.4 is 10.1 Å². The lowest BCUT2D eigenvalue weighted by atomic mass is 10.0. The van der Waals surface area contributed by atoms with Crippen LogP contribution in [0.15, 0.2) is 42.5 Å². The van der Waals surface area contributed by atoms with Crippen molar-refractivity contribution in [3.8, 4) is 16.9 Å². The third kappa shape index (κ3) is 7.11. The number of piperidine rings is 1. The van der Waals surface area contributed by atoms with Crippen LogP contribution in [0.5, 0.6) is 0 Å². The number of aromatic nitrogens is 2. The van der Waals surface area contributed by atoms with Crippen molar-refractivity contribution in [2.24, 2.45) is 0 Å². The fraction of sp³-hybridized carbons (Fsp3) is 0.429. The van der Waals surface area contributed by atoms with Crippen LogP contribution >= 0.6 is 34.8 Å². The standard InChI is InChI=1S/C28H33Cl3N6O4S/c1-18-16-36(17-19(2)41-18)42(39,40)32-15-23-26(28(38)34-35-12-4-3-5-13-35)33-37(25-11-10-22(30)14-24(25)31)27(23)20-6-8-21(29)9-7-20/h6-11,14,18-19,32H,3-5,12-13,15-17H2,1-2H3,(H,34,38). The average Bonchev–Trinajstić information content (AvgIpc) is 3.32. The molecule has 10 nitrogen and oxygen atoms in total. The number of amides is 1. The number of morpholine rings is 1. The minimum atomic E-state index is -3.93. The zero-order valence-corrected chi connectivity index (χ0v) is 26.4. The molecule has 42 heavy (non-hydrogen) atoms. The molecule has 1 aromatic heterocycles. The minimum absolute atomic E-state index is 0.0722. The van der Waals surface area contributed by atoms with Gasteiger partial charge in [-0.05, 0) is 57.0 Å². The van der Waals surface area contributed by atoms with Crippen molar-refractivity contribution in [3.05, 3.63) is 68.8 Å². The fourth-order valence-electron chi connectivity index (χ4n) is 5.32. The molecule has 0 radical (unpaired) electrons. The van der Waals surface area contributed by atoms with Crippen molar-refractivity contribution in [2.45, 2.75) is 51.9 Å². The van der Waals surface area contributed by atoms with Crippen molar-refractivity contribution in [2.75, 3.05) is 26.2 Å². The van der Waals surface area contributed by atoms with Crippen molar-refractivity contribution in [1.29, 1.82) is 0 Å². The van der Waals surface area contributed by atoms with Gasteiger partial charge in [-0.25, -0.2) is 9.69 Å². The van der Waals surface area contributed by atoms with Crippen LogP contribution in [-0.2, 0) is 21.5 Å². The van der Waals surface area contributed by atoms with Gasteiger partial charge < -0.3 is 4.74 Å². The molecular formula is C28H33Cl3N6O4S. The molecule has 2 fully saturated rings. The highest BCUT2D eigenvalue weighted by molar-refractivity contribution is 7.87. The van der Waals surface area contributed by atoms with Crippen LogP contribution in [0, 0.1) is 0 Å². The summed E-state index contributed by atoms with van der Waals surface area (Å²) in [6, 6.07) is 12.0. The van der Waals surface area contributed by atoms with Gasteiger partial charge in [-0.1, -0.05) is 53.4 Å². The third-order valence-corrected chi connectivity index (χ3v) is 9.50. The molecule has 2 aliphatic rings. The molecule has 2 atom stereocenters. The molecule has 1 amide bonds. The van der Waals surface area contributed by atoms with E-state index in [9.17, 15) is 13.2 Å². The van der Waals surface area contributed by atoms with Crippen LogP contribution in [0.25, 0.3) is 16.9 Å². The van der Waals surface area contributed by atoms with Gasteiger partial charge in [0.05, 0.1) is 28.6 Å². The maximum absolute atomic E-state index is 13.8. The van der Waals surface area contributed by atoms with E-state index in [1.54, 1.807) is 47.1 Å². The number of hydrazine groups is 1. The van der Waals surface area contributed by atoms with Gasteiger partial charge in [0.25, 0.3) is 16.1 Å². The second-order valence-corrected chi connectivity index (χ2v) is 13.6. The molecule has 2 aromatic carbocycles. The second kappa shape index (κ2) is 13.2. The van der Waals surface area contributed by atoms with E-state index >= 15 is 0 Å². The molecule has 3 heterocycles. The van der Waals surface area contributed by atoms with Gasteiger partial charge in [-0.3, -0.25) is 10.2 Å². The van der Waals surface area contributed by atoms with Crippen molar-refractivity contribution < 1.29 is 17.9 Å². The zero-order chi connectivity index (χ0) is 30.0. The van der Waals surface area contributed by atoms with Crippen LogP contribution in [0.1, 0.15) is 49.2 Å². The number of carbonyl (C=O) groups excluding carboxylic acids is 1. The number of benzene rings is 2. The minimum Gasteiger partial charge on any atom is -0.373 e. The fourth-order valence-corrected chi connectivity index (χ4v) is 7.25. The molecule has 5 rings (SSSR count).